The summed E-state index contributed by atoms with van der Waals surface area (Å²) in [5.74, 6) is 0.443. The van der Waals surface area contributed by atoms with Gasteiger partial charge in [-0.15, -0.1) is 0 Å². The molecule has 0 spiro atoms. The quantitative estimate of drug-likeness (QED) is 0.401. The monoisotopic (exact) mass is 460 g/mol. The van der Waals surface area contributed by atoms with Crippen LogP contribution in [0.15, 0.2) is 66.0 Å². The Kier molecular flexibility index (Phi) is 5.89. The van der Waals surface area contributed by atoms with E-state index in [1.165, 1.54) is 0 Å². The summed E-state index contributed by atoms with van der Waals surface area (Å²) in [6.45, 7) is 1.48. The molecule has 168 valence electrons. The summed E-state index contributed by atoms with van der Waals surface area (Å²) in [6, 6.07) is 12.8. The van der Waals surface area contributed by atoms with Gasteiger partial charge in [-0.3, -0.25) is 5.10 Å². The van der Waals surface area contributed by atoms with Crippen LogP contribution in [0, 0.1) is 0 Å². The third-order valence-corrected chi connectivity index (χ3v) is 8.09. The Bertz CT molecular complexity index is 1370. The van der Waals surface area contributed by atoms with Crippen LogP contribution >= 0.6 is 0 Å². The predicted molar refractivity (Wildman–Crippen MR) is 130 cm³/mol. The van der Waals surface area contributed by atoms with Crippen molar-refractivity contribution in [3.63, 3.8) is 0 Å². The Morgan fingerprint density at radius 1 is 0.939 bits per heavy atom. The predicted octanol–water partition coefficient (Wildman–Crippen LogP) is 3.79. The molecule has 1 fully saturated rings. The smallest absolute Gasteiger partial charge is 0.227 e. The highest BCUT2D eigenvalue weighted by molar-refractivity contribution is 7.92. The topological polar surface area (TPSA) is 113 Å². The summed E-state index contributed by atoms with van der Waals surface area (Å²) in [5.41, 5.74) is 3.64. The lowest BCUT2D eigenvalue weighted by Gasteiger charge is -2.22. The molecular formula is C24H24N6O2S. The maximum atomic E-state index is 12.8. The number of H-pyrrole nitrogens is 1. The number of fused-ring (bicyclic) bond motifs is 1. The van der Waals surface area contributed by atoms with E-state index < -0.39 is 9.84 Å². The molecule has 2 aromatic heterocycles. The molecule has 0 radical (unpaired) electrons. The summed E-state index contributed by atoms with van der Waals surface area (Å²) in [7, 11) is -3.31. The van der Waals surface area contributed by atoms with E-state index >= 15 is 0 Å². The van der Waals surface area contributed by atoms with Crippen molar-refractivity contribution in [1.29, 1.82) is 0 Å². The first-order chi connectivity index (χ1) is 16.1. The van der Waals surface area contributed by atoms with Gasteiger partial charge in [-0.2, -0.15) is 5.10 Å². The lowest BCUT2D eigenvalue weighted by molar-refractivity contribution is 0.496. The molecule has 1 aliphatic rings. The SMILES string of the molecule is O=S(=O)(c1ccc(Nc2ncc(/C=C/c3cccc4[nH]ncc34)cn2)cc1)C1CCNCC1. The zero-order chi connectivity index (χ0) is 22.7. The number of nitrogens with zero attached hydrogens (tertiary/aromatic N) is 3. The van der Waals surface area contributed by atoms with Crippen LogP contribution in [-0.2, 0) is 9.84 Å². The van der Waals surface area contributed by atoms with Crippen LogP contribution in [0.4, 0.5) is 11.6 Å². The van der Waals surface area contributed by atoms with Crippen LogP contribution in [-0.4, -0.2) is 46.9 Å². The van der Waals surface area contributed by atoms with Gasteiger partial charge in [0.1, 0.15) is 0 Å². The number of hydrogen-bond acceptors (Lipinski definition) is 7. The van der Waals surface area contributed by atoms with Gasteiger partial charge >= 0.3 is 0 Å². The summed E-state index contributed by atoms with van der Waals surface area (Å²) >= 11 is 0. The summed E-state index contributed by atoms with van der Waals surface area (Å²) in [6.07, 6.45) is 10.5. The van der Waals surface area contributed by atoms with Gasteiger partial charge in [-0.1, -0.05) is 24.3 Å². The second-order valence-electron chi connectivity index (χ2n) is 8.00. The van der Waals surface area contributed by atoms with Crippen molar-refractivity contribution in [2.24, 2.45) is 0 Å². The molecule has 2 aromatic carbocycles. The van der Waals surface area contributed by atoms with Crippen molar-refractivity contribution in [2.75, 3.05) is 18.4 Å². The molecule has 1 saturated heterocycles. The first kappa shape index (κ1) is 21.3. The largest absolute Gasteiger partial charge is 0.324 e. The van der Waals surface area contributed by atoms with Gasteiger partial charge in [0, 0.05) is 29.0 Å². The third-order valence-electron chi connectivity index (χ3n) is 5.81. The number of piperidine rings is 1. The number of anilines is 2. The molecule has 0 saturated carbocycles. The van der Waals surface area contributed by atoms with Crippen LogP contribution in [0.1, 0.15) is 24.0 Å². The summed E-state index contributed by atoms with van der Waals surface area (Å²) in [4.78, 5) is 9.09. The zero-order valence-electron chi connectivity index (χ0n) is 17.9. The molecule has 0 aliphatic carbocycles. The molecule has 1 aliphatic heterocycles. The first-order valence-corrected chi connectivity index (χ1v) is 12.4. The lowest BCUT2D eigenvalue weighted by atomic mass is 10.1. The molecule has 0 atom stereocenters. The van der Waals surface area contributed by atoms with Crippen LogP contribution in [0.2, 0.25) is 0 Å². The van der Waals surface area contributed by atoms with Gasteiger partial charge in [0.25, 0.3) is 0 Å². The maximum Gasteiger partial charge on any atom is 0.227 e. The molecule has 3 N–H and O–H groups in total. The average Bonchev–Trinajstić information content (AvgIpc) is 3.34. The van der Waals surface area contributed by atoms with Gasteiger partial charge in [0.2, 0.25) is 5.95 Å². The van der Waals surface area contributed by atoms with Crippen LogP contribution < -0.4 is 10.6 Å². The number of sulfone groups is 1. The Morgan fingerprint density at radius 3 is 2.45 bits per heavy atom. The van der Waals surface area contributed by atoms with Gasteiger partial charge in [-0.25, -0.2) is 18.4 Å². The first-order valence-electron chi connectivity index (χ1n) is 10.8. The Balaban J connectivity index is 1.25. The molecule has 9 heteroatoms. The number of aromatic nitrogens is 4. The van der Waals surface area contributed by atoms with Crippen molar-refractivity contribution >= 4 is 44.5 Å². The average molecular weight is 461 g/mol. The van der Waals surface area contributed by atoms with Crippen molar-refractivity contribution in [2.45, 2.75) is 23.0 Å². The molecule has 8 nitrogen and oxygen atoms in total. The molecule has 0 amide bonds. The maximum absolute atomic E-state index is 12.8. The third kappa shape index (κ3) is 4.64. The van der Waals surface area contributed by atoms with Crippen molar-refractivity contribution in [1.82, 2.24) is 25.5 Å². The number of hydrogen-bond donors (Lipinski definition) is 3. The van der Waals surface area contributed by atoms with E-state index in [1.807, 2.05) is 30.4 Å². The summed E-state index contributed by atoms with van der Waals surface area (Å²) in [5, 5.41) is 14.1. The van der Waals surface area contributed by atoms with Crippen LogP contribution in [0.5, 0.6) is 0 Å². The normalized spacial score (nSPS) is 15.3. The number of rotatable bonds is 6. The van der Waals surface area contributed by atoms with Crippen LogP contribution in [0.3, 0.4) is 0 Å². The minimum Gasteiger partial charge on any atom is -0.324 e. The molecule has 4 aromatic rings. The molecule has 5 rings (SSSR count). The highest BCUT2D eigenvalue weighted by atomic mass is 32.2. The highest BCUT2D eigenvalue weighted by Crippen LogP contribution is 2.24. The fourth-order valence-electron chi connectivity index (χ4n) is 3.97. The van der Waals surface area contributed by atoms with E-state index in [4.69, 9.17) is 0 Å². The van der Waals surface area contributed by atoms with E-state index in [9.17, 15) is 8.42 Å². The van der Waals surface area contributed by atoms with E-state index in [2.05, 4.69) is 30.8 Å². The fraction of sp³-hybridized carbons (Fsp3) is 0.208. The van der Waals surface area contributed by atoms with Crippen LogP contribution in [0.25, 0.3) is 23.1 Å². The van der Waals surface area contributed by atoms with E-state index in [0.717, 1.165) is 40.8 Å². The van der Waals surface area contributed by atoms with Gasteiger partial charge in [-0.05, 0) is 61.8 Å². The number of nitrogens with one attached hydrogen (secondary N) is 3. The number of benzene rings is 2. The van der Waals surface area contributed by atoms with E-state index in [-0.39, 0.29) is 5.25 Å². The van der Waals surface area contributed by atoms with Gasteiger partial charge in [0.05, 0.1) is 21.9 Å². The minimum atomic E-state index is -3.31. The molecule has 33 heavy (non-hydrogen) atoms. The molecule has 3 heterocycles. The molecule has 0 unspecified atom stereocenters. The second kappa shape index (κ2) is 9.13. The van der Waals surface area contributed by atoms with Crippen molar-refractivity contribution < 1.29 is 8.42 Å². The van der Waals surface area contributed by atoms with Crippen molar-refractivity contribution in [3.8, 4) is 0 Å². The fourth-order valence-corrected chi connectivity index (χ4v) is 5.72. The lowest BCUT2D eigenvalue weighted by Crippen LogP contribution is -2.35. The Morgan fingerprint density at radius 2 is 1.70 bits per heavy atom. The highest BCUT2D eigenvalue weighted by Gasteiger charge is 2.28. The van der Waals surface area contributed by atoms with Crippen molar-refractivity contribution in [3.05, 3.63) is 72.2 Å². The second-order valence-corrected chi connectivity index (χ2v) is 10.2. The Labute approximate surface area is 192 Å². The van der Waals surface area contributed by atoms with E-state index in [1.54, 1.807) is 42.9 Å². The number of aromatic amines is 1. The minimum absolute atomic E-state index is 0.318. The van der Waals surface area contributed by atoms with Gasteiger partial charge < -0.3 is 10.6 Å². The standard InChI is InChI=1S/C24H24N6O2S/c31-33(32,21-10-12-25-13-11-21)20-8-6-19(7-9-20)29-24-26-14-17(15-27-24)4-5-18-2-1-3-23-22(18)16-28-30-23/h1-9,14-16,21,25H,10-13H2,(H,28,30)(H,26,27,29)/b5-4+. The molecule has 0 bridgehead atoms. The zero-order valence-corrected chi connectivity index (χ0v) is 18.7. The summed E-state index contributed by atoms with van der Waals surface area (Å²) < 4.78 is 25.7. The van der Waals surface area contributed by atoms with E-state index in [0.29, 0.717) is 23.7 Å². The Hall–Kier alpha value is -3.56. The molecular weight excluding hydrogens is 436 g/mol. The van der Waals surface area contributed by atoms with Gasteiger partial charge in [0.15, 0.2) is 9.84 Å².